The van der Waals surface area contributed by atoms with Crippen molar-refractivity contribution < 1.29 is 14.9 Å². The smallest absolute Gasteiger partial charge is 0.134 e. The van der Waals surface area contributed by atoms with E-state index in [9.17, 15) is 10.2 Å². The Morgan fingerprint density at radius 3 is 2.94 bits per heavy atom. The maximum Gasteiger partial charge on any atom is 0.134 e. The van der Waals surface area contributed by atoms with Crippen LogP contribution < -0.4 is 4.90 Å². The highest BCUT2D eigenvalue weighted by Crippen LogP contribution is 2.24. The van der Waals surface area contributed by atoms with Crippen LogP contribution >= 0.6 is 15.9 Å². The van der Waals surface area contributed by atoms with Gasteiger partial charge in [0.1, 0.15) is 5.82 Å². The second-order valence-electron chi connectivity index (χ2n) is 4.45. The lowest BCUT2D eigenvalue weighted by Gasteiger charge is -2.37. The van der Waals surface area contributed by atoms with E-state index in [1.807, 2.05) is 17.9 Å². The first-order chi connectivity index (χ1) is 8.63. The number of hydrogen-bond acceptors (Lipinski definition) is 5. The average molecular weight is 317 g/mol. The van der Waals surface area contributed by atoms with Crippen LogP contribution in [0, 0.1) is 0 Å². The van der Waals surface area contributed by atoms with Crippen molar-refractivity contribution in [3.05, 3.63) is 22.3 Å². The fourth-order valence-electron chi connectivity index (χ4n) is 2.19. The first-order valence-electron chi connectivity index (χ1n) is 5.90. The highest BCUT2D eigenvalue weighted by molar-refractivity contribution is 9.10. The van der Waals surface area contributed by atoms with Crippen molar-refractivity contribution in [1.82, 2.24) is 4.98 Å². The van der Waals surface area contributed by atoms with E-state index < -0.39 is 0 Å². The van der Waals surface area contributed by atoms with Crippen molar-refractivity contribution in [2.45, 2.75) is 25.7 Å². The van der Waals surface area contributed by atoms with Crippen molar-refractivity contribution >= 4 is 21.7 Å². The summed E-state index contributed by atoms with van der Waals surface area (Å²) in [5.41, 5.74) is 0.773. The van der Waals surface area contributed by atoms with Gasteiger partial charge in [-0.2, -0.15) is 0 Å². The number of aromatic nitrogens is 1. The minimum absolute atomic E-state index is 0.00811. The molecule has 2 heterocycles. The van der Waals surface area contributed by atoms with Gasteiger partial charge < -0.3 is 19.8 Å². The van der Waals surface area contributed by atoms with E-state index >= 15 is 0 Å². The van der Waals surface area contributed by atoms with E-state index in [-0.39, 0.29) is 25.4 Å². The number of halogens is 1. The lowest BCUT2D eigenvalue weighted by atomic mass is 10.2. The third-order valence-electron chi connectivity index (χ3n) is 2.91. The summed E-state index contributed by atoms with van der Waals surface area (Å²) >= 11 is 3.34. The van der Waals surface area contributed by atoms with E-state index in [1.54, 1.807) is 6.20 Å². The van der Waals surface area contributed by atoms with Crippen LogP contribution in [0.3, 0.4) is 0 Å². The second kappa shape index (κ2) is 5.97. The van der Waals surface area contributed by atoms with Gasteiger partial charge in [0, 0.05) is 29.3 Å². The molecule has 1 fully saturated rings. The molecule has 0 aliphatic carbocycles. The maximum atomic E-state index is 9.39. The van der Waals surface area contributed by atoms with Crippen LogP contribution in [0.1, 0.15) is 12.5 Å². The van der Waals surface area contributed by atoms with Crippen LogP contribution in [0.5, 0.6) is 0 Å². The Kier molecular flexibility index (Phi) is 4.55. The Hall–Kier alpha value is -0.690. The molecule has 0 aromatic carbocycles. The van der Waals surface area contributed by atoms with Gasteiger partial charge in [0.15, 0.2) is 0 Å². The van der Waals surface area contributed by atoms with Crippen molar-refractivity contribution in [1.29, 1.82) is 0 Å². The predicted molar refractivity (Wildman–Crippen MR) is 71.5 cm³/mol. The van der Waals surface area contributed by atoms with E-state index in [4.69, 9.17) is 4.74 Å². The molecular formula is C12H17BrN2O3. The van der Waals surface area contributed by atoms with Crippen molar-refractivity contribution in [3.63, 3.8) is 0 Å². The fraction of sp³-hybridized carbons (Fsp3) is 0.583. The standard InChI is InChI=1S/C12H17BrN2O3/c1-8-4-15(5-11(7-17)18-8)12-9(6-16)2-10(13)3-14-12/h2-3,8,11,16-17H,4-7H2,1H3. The molecule has 6 heteroatoms. The average Bonchev–Trinajstić information content (AvgIpc) is 2.37. The number of pyridine rings is 1. The molecule has 100 valence electrons. The number of rotatable bonds is 3. The molecular weight excluding hydrogens is 300 g/mol. The third kappa shape index (κ3) is 3.00. The predicted octanol–water partition coefficient (Wildman–Crippen LogP) is 0.922. The minimum Gasteiger partial charge on any atom is -0.394 e. The number of morpholine rings is 1. The largest absolute Gasteiger partial charge is 0.394 e. The number of anilines is 1. The van der Waals surface area contributed by atoms with Crippen LogP contribution in [0.15, 0.2) is 16.7 Å². The first kappa shape index (κ1) is 13.7. The van der Waals surface area contributed by atoms with Gasteiger partial charge in [-0.15, -0.1) is 0 Å². The molecule has 1 aromatic heterocycles. The van der Waals surface area contributed by atoms with Gasteiger partial charge in [0.2, 0.25) is 0 Å². The topological polar surface area (TPSA) is 65.8 Å². The van der Waals surface area contributed by atoms with Gasteiger partial charge in [0.05, 0.1) is 25.4 Å². The molecule has 1 saturated heterocycles. The lowest BCUT2D eigenvalue weighted by molar-refractivity contribution is -0.0423. The summed E-state index contributed by atoms with van der Waals surface area (Å²) in [5.74, 6) is 0.759. The number of ether oxygens (including phenoxy) is 1. The highest BCUT2D eigenvalue weighted by atomic mass is 79.9. The SMILES string of the molecule is CC1CN(c2ncc(Br)cc2CO)CC(CO)O1. The summed E-state index contributed by atoms with van der Waals surface area (Å²) < 4.78 is 6.44. The van der Waals surface area contributed by atoms with Crippen LogP contribution in [0.4, 0.5) is 5.82 Å². The van der Waals surface area contributed by atoms with Crippen LogP contribution in [0.2, 0.25) is 0 Å². The molecule has 0 bridgehead atoms. The van der Waals surface area contributed by atoms with Crippen LogP contribution in [0.25, 0.3) is 0 Å². The summed E-state index contributed by atoms with van der Waals surface area (Å²) in [7, 11) is 0. The summed E-state index contributed by atoms with van der Waals surface area (Å²) in [5, 5.41) is 18.6. The van der Waals surface area contributed by atoms with Crippen molar-refractivity contribution in [3.8, 4) is 0 Å². The molecule has 2 N–H and O–H groups in total. The zero-order chi connectivity index (χ0) is 13.1. The summed E-state index contributed by atoms with van der Waals surface area (Å²) in [4.78, 5) is 6.41. The fourth-order valence-corrected chi connectivity index (χ4v) is 2.57. The normalized spacial score (nSPS) is 24.3. The first-order valence-corrected chi connectivity index (χ1v) is 6.70. The van der Waals surface area contributed by atoms with Gasteiger partial charge in [-0.25, -0.2) is 4.98 Å². The zero-order valence-electron chi connectivity index (χ0n) is 10.2. The second-order valence-corrected chi connectivity index (χ2v) is 5.37. The molecule has 0 amide bonds. The summed E-state index contributed by atoms with van der Waals surface area (Å²) in [6, 6.07) is 1.86. The molecule has 5 nitrogen and oxygen atoms in total. The Morgan fingerprint density at radius 2 is 2.28 bits per heavy atom. The molecule has 2 unspecified atom stereocenters. The van der Waals surface area contributed by atoms with Gasteiger partial charge in [0.25, 0.3) is 0 Å². The molecule has 2 atom stereocenters. The monoisotopic (exact) mass is 316 g/mol. The number of nitrogens with zero attached hydrogens (tertiary/aromatic N) is 2. The quantitative estimate of drug-likeness (QED) is 0.868. The Labute approximate surface area is 115 Å². The van der Waals surface area contributed by atoms with E-state index in [0.29, 0.717) is 13.1 Å². The van der Waals surface area contributed by atoms with Crippen LogP contribution in [-0.4, -0.2) is 47.1 Å². The molecule has 1 aliphatic rings. The summed E-state index contributed by atoms with van der Waals surface area (Å²) in [6.07, 6.45) is 1.54. The molecule has 0 saturated carbocycles. The molecule has 1 aliphatic heterocycles. The van der Waals surface area contributed by atoms with E-state index in [0.717, 1.165) is 15.9 Å². The molecule has 1 aromatic rings. The van der Waals surface area contributed by atoms with Crippen molar-refractivity contribution in [2.75, 3.05) is 24.6 Å². The minimum atomic E-state index is -0.203. The lowest BCUT2D eigenvalue weighted by Crippen LogP contribution is -2.48. The third-order valence-corrected chi connectivity index (χ3v) is 3.34. The maximum absolute atomic E-state index is 9.39. The molecule has 0 radical (unpaired) electrons. The van der Waals surface area contributed by atoms with Crippen LogP contribution in [-0.2, 0) is 11.3 Å². The van der Waals surface area contributed by atoms with Gasteiger partial charge in [-0.05, 0) is 28.9 Å². The van der Waals surface area contributed by atoms with Gasteiger partial charge in [-0.3, -0.25) is 0 Å². The number of hydrogen-bond donors (Lipinski definition) is 2. The molecule has 18 heavy (non-hydrogen) atoms. The Balaban J connectivity index is 2.24. The summed E-state index contributed by atoms with van der Waals surface area (Å²) in [6.45, 7) is 3.19. The molecule has 2 rings (SSSR count). The van der Waals surface area contributed by atoms with Gasteiger partial charge in [-0.1, -0.05) is 0 Å². The number of aliphatic hydroxyl groups is 2. The van der Waals surface area contributed by atoms with E-state index in [2.05, 4.69) is 20.9 Å². The Bertz CT molecular complexity index is 416. The van der Waals surface area contributed by atoms with E-state index in [1.165, 1.54) is 0 Å². The zero-order valence-corrected chi connectivity index (χ0v) is 11.8. The molecule has 0 spiro atoms. The Morgan fingerprint density at radius 1 is 1.50 bits per heavy atom. The number of aliphatic hydroxyl groups excluding tert-OH is 2. The van der Waals surface area contributed by atoms with Crippen molar-refractivity contribution in [2.24, 2.45) is 0 Å². The van der Waals surface area contributed by atoms with Gasteiger partial charge >= 0.3 is 0 Å². The highest BCUT2D eigenvalue weighted by Gasteiger charge is 2.26.